The van der Waals surface area contributed by atoms with E-state index in [4.69, 9.17) is 0 Å². The minimum Gasteiger partial charge on any atom is -0.310 e. The molecule has 0 aliphatic rings. The summed E-state index contributed by atoms with van der Waals surface area (Å²) >= 11 is 4.91. The number of nitrogens with zero attached hydrogens (tertiary/aromatic N) is 1. The largest absolute Gasteiger partial charge is 0.310 e. The van der Waals surface area contributed by atoms with Gasteiger partial charge in [-0.2, -0.15) is 0 Å². The Morgan fingerprint density at radius 2 is 2.15 bits per heavy atom. The fourth-order valence-corrected chi connectivity index (χ4v) is 2.90. The molecule has 0 aromatic carbocycles. The second kappa shape index (κ2) is 2.92. The van der Waals surface area contributed by atoms with Crippen LogP contribution in [0.25, 0.3) is 10.2 Å². The number of hydrogen-bond acceptors (Lipinski definition) is 3. The average molecular weight is 259 g/mol. The first-order valence-electron chi connectivity index (χ1n) is 3.75. The molecule has 0 saturated carbocycles. The summed E-state index contributed by atoms with van der Waals surface area (Å²) in [6.45, 7) is 3.75. The number of fused-ring (bicyclic) bond motifs is 1. The molecule has 0 aliphatic heterocycles. The van der Waals surface area contributed by atoms with Gasteiger partial charge in [0, 0.05) is 9.35 Å². The Hall–Kier alpha value is -0.680. The number of aromatic nitrogens is 2. The van der Waals surface area contributed by atoms with Crippen LogP contribution >= 0.6 is 27.3 Å². The van der Waals surface area contributed by atoms with Crippen LogP contribution in [0.4, 0.5) is 0 Å². The second-order valence-electron chi connectivity index (χ2n) is 2.80. The first-order valence-corrected chi connectivity index (χ1v) is 5.36. The highest BCUT2D eigenvalue weighted by molar-refractivity contribution is 9.10. The van der Waals surface area contributed by atoms with Crippen molar-refractivity contribution in [1.82, 2.24) is 9.97 Å². The normalized spacial score (nSPS) is 11.0. The third-order valence-corrected chi connectivity index (χ3v) is 4.04. The zero-order chi connectivity index (χ0) is 9.59. The Balaban J connectivity index is 3.03. The molecule has 0 unspecified atom stereocenters. The predicted octanol–water partition coefficient (Wildman–Crippen LogP) is 2.36. The van der Waals surface area contributed by atoms with E-state index in [1.54, 1.807) is 6.92 Å². The van der Waals surface area contributed by atoms with E-state index in [2.05, 4.69) is 25.9 Å². The van der Waals surface area contributed by atoms with Crippen molar-refractivity contribution in [3.8, 4) is 0 Å². The Bertz CT molecular complexity index is 529. The number of aryl methyl sites for hydroxylation is 2. The SMILES string of the molecule is Cc1nc2sc(C)c(Br)c2c(=O)[nH]1. The van der Waals surface area contributed by atoms with Gasteiger partial charge < -0.3 is 4.98 Å². The third kappa shape index (κ3) is 1.32. The van der Waals surface area contributed by atoms with E-state index in [1.165, 1.54) is 11.3 Å². The van der Waals surface area contributed by atoms with Crippen molar-refractivity contribution in [1.29, 1.82) is 0 Å². The zero-order valence-corrected chi connectivity index (χ0v) is 9.54. The molecule has 0 fully saturated rings. The number of H-pyrrole nitrogens is 1. The molecule has 0 saturated heterocycles. The fourth-order valence-electron chi connectivity index (χ4n) is 1.19. The Morgan fingerprint density at radius 1 is 1.46 bits per heavy atom. The topological polar surface area (TPSA) is 45.8 Å². The van der Waals surface area contributed by atoms with Gasteiger partial charge in [0.05, 0.1) is 5.39 Å². The Labute approximate surface area is 87.0 Å². The molecule has 3 nitrogen and oxygen atoms in total. The quantitative estimate of drug-likeness (QED) is 0.789. The van der Waals surface area contributed by atoms with Crippen LogP contribution in [0, 0.1) is 13.8 Å². The molecule has 0 amide bonds. The van der Waals surface area contributed by atoms with Crippen molar-refractivity contribution in [3.63, 3.8) is 0 Å². The van der Waals surface area contributed by atoms with Crippen LogP contribution in [0.1, 0.15) is 10.7 Å². The van der Waals surface area contributed by atoms with E-state index in [-0.39, 0.29) is 5.56 Å². The van der Waals surface area contributed by atoms with Crippen LogP contribution < -0.4 is 5.56 Å². The Morgan fingerprint density at radius 3 is 2.85 bits per heavy atom. The second-order valence-corrected chi connectivity index (χ2v) is 4.80. The molecule has 1 N–H and O–H groups in total. The van der Waals surface area contributed by atoms with E-state index in [9.17, 15) is 4.79 Å². The number of thiophene rings is 1. The number of aromatic amines is 1. The smallest absolute Gasteiger partial charge is 0.260 e. The highest BCUT2D eigenvalue weighted by Crippen LogP contribution is 2.30. The maximum absolute atomic E-state index is 11.5. The summed E-state index contributed by atoms with van der Waals surface area (Å²) < 4.78 is 0.862. The minimum absolute atomic E-state index is 0.0706. The molecule has 0 bridgehead atoms. The molecule has 0 spiro atoms. The highest BCUT2D eigenvalue weighted by atomic mass is 79.9. The molecule has 2 aromatic heterocycles. The summed E-state index contributed by atoms with van der Waals surface area (Å²) in [6, 6.07) is 0. The van der Waals surface area contributed by atoms with Gasteiger partial charge in [-0.3, -0.25) is 4.79 Å². The van der Waals surface area contributed by atoms with Crippen LogP contribution in [0.2, 0.25) is 0 Å². The van der Waals surface area contributed by atoms with Crippen molar-refractivity contribution in [3.05, 3.63) is 25.5 Å². The van der Waals surface area contributed by atoms with Gasteiger partial charge in [-0.25, -0.2) is 4.98 Å². The van der Waals surface area contributed by atoms with Crippen molar-refractivity contribution >= 4 is 37.5 Å². The van der Waals surface area contributed by atoms with E-state index < -0.39 is 0 Å². The summed E-state index contributed by atoms with van der Waals surface area (Å²) in [5, 5.41) is 0.660. The van der Waals surface area contributed by atoms with Crippen LogP contribution in [0.15, 0.2) is 9.27 Å². The lowest BCUT2D eigenvalue weighted by molar-refractivity contribution is 1.06. The molecule has 2 aromatic rings. The number of halogens is 1. The van der Waals surface area contributed by atoms with Crippen LogP contribution in [-0.2, 0) is 0 Å². The minimum atomic E-state index is -0.0706. The lowest BCUT2D eigenvalue weighted by Crippen LogP contribution is -2.08. The van der Waals surface area contributed by atoms with Gasteiger partial charge in [0.25, 0.3) is 5.56 Å². The number of rotatable bonds is 0. The maximum Gasteiger partial charge on any atom is 0.260 e. The summed E-state index contributed by atoms with van der Waals surface area (Å²) in [6.07, 6.45) is 0. The van der Waals surface area contributed by atoms with E-state index >= 15 is 0 Å². The van der Waals surface area contributed by atoms with Crippen molar-refractivity contribution in [2.24, 2.45) is 0 Å². The van der Waals surface area contributed by atoms with Crippen molar-refractivity contribution in [2.45, 2.75) is 13.8 Å². The van der Waals surface area contributed by atoms with Gasteiger partial charge in [-0.05, 0) is 29.8 Å². The third-order valence-electron chi connectivity index (χ3n) is 1.78. The standard InChI is InChI=1S/C8H7BrN2OS/c1-3-6(9)5-7(12)10-4(2)11-8(5)13-3/h1-2H3,(H,10,11,12). The molecule has 0 radical (unpaired) electrons. The molecule has 68 valence electrons. The zero-order valence-electron chi connectivity index (χ0n) is 7.14. The van der Waals surface area contributed by atoms with Gasteiger partial charge >= 0.3 is 0 Å². The van der Waals surface area contributed by atoms with E-state index in [0.29, 0.717) is 11.2 Å². The molecule has 13 heavy (non-hydrogen) atoms. The number of nitrogens with one attached hydrogen (secondary N) is 1. The number of hydrogen-bond donors (Lipinski definition) is 1. The summed E-state index contributed by atoms with van der Waals surface area (Å²) in [4.78, 5) is 20.3. The highest BCUT2D eigenvalue weighted by Gasteiger charge is 2.11. The fraction of sp³-hybridized carbons (Fsp3) is 0.250. The van der Waals surface area contributed by atoms with Crippen molar-refractivity contribution < 1.29 is 0 Å². The first-order chi connectivity index (χ1) is 6.09. The van der Waals surface area contributed by atoms with Gasteiger partial charge in [0.2, 0.25) is 0 Å². The van der Waals surface area contributed by atoms with E-state index in [1.807, 2.05) is 6.92 Å². The summed E-state index contributed by atoms with van der Waals surface area (Å²) in [5.41, 5.74) is -0.0706. The van der Waals surface area contributed by atoms with Crippen LogP contribution in [0.5, 0.6) is 0 Å². The van der Waals surface area contributed by atoms with Gasteiger partial charge in [0.1, 0.15) is 10.7 Å². The molecule has 0 aliphatic carbocycles. The summed E-state index contributed by atoms with van der Waals surface area (Å²) in [5.74, 6) is 0.659. The molecule has 2 heterocycles. The summed E-state index contributed by atoms with van der Waals surface area (Å²) in [7, 11) is 0. The Kier molecular flexibility index (Phi) is 2.00. The monoisotopic (exact) mass is 258 g/mol. The predicted molar refractivity (Wildman–Crippen MR) is 57.4 cm³/mol. The van der Waals surface area contributed by atoms with Crippen LogP contribution in [0.3, 0.4) is 0 Å². The van der Waals surface area contributed by atoms with Crippen LogP contribution in [-0.4, -0.2) is 9.97 Å². The molecule has 5 heteroatoms. The first kappa shape index (κ1) is 8.90. The van der Waals surface area contributed by atoms with E-state index in [0.717, 1.165) is 14.2 Å². The lowest BCUT2D eigenvalue weighted by Gasteiger charge is -1.91. The van der Waals surface area contributed by atoms with Gasteiger partial charge in [0.15, 0.2) is 0 Å². The van der Waals surface area contributed by atoms with Crippen molar-refractivity contribution in [2.75, 3.05) is 0 Å². The lowest BCUT2D eigenvalue weighted by atomic mass is 10.4. The molecular formula is C8H7BrN2OS. The molecular weight excluding hydrogens is 252 g/mol. The van der Waals surface area contributed by atoms with Gasteiger partial charge in [-0.15, -0.1) is 11.3 Å². The average Bonchev–Trinajstić information content (AvgIpc) is 2.27. The maximum atomic E-state index is 11.5. The molecule has 2 rings (SSSR count). The van der Waals surface area contributed by atoms with Gasteiger partial charge in [-0.1, -0.05) is 0 Å². The molecule has 0 atom stereocenters.